The molecule has 212 valence electrons. The van der Waals surface area contributed by atoms with Crippen molar-refractivity contribution >= 4 is 14.2 Å². The third-order valence-corrected chi connectivity index (χ3v) is 8.61. The van der Waals surface area contributed by atoms with E-state index in [0.717, 1.165) is 29.4 Å². The van der Waals surface area contributed by atoms with E-state index in [1.165, 1.54) is 11.0 Å². The predicted molar refractivity (Wildman–Crippen MR) is 158 cm³/mol. The highest BCUT2D eigenvalue weighted by molar-refractivity contribution is 6.76. The molecule has 0 saturated carbocycles. The van der Waals surface area contributed by atoms with Crippen LogP contribution in [0, 0.1) is 17.0 Å². The normalized spacial score (nSPS) is 12.9. The van der Waals surface area contributed by atoms with Gasteiger partial charge >= 0.3 is 6.09 Å². The molecule has 3 aromatic rings. The van der Waals surface area contributed by atoms with Crippen LogP contribution in [0.5, 0.6) is 0 Å². The third kappa shape index (κ3) is 9.04. The number of nitrogens with one attached hydrogen (secondary N) is 1. The summed E-state index contributed by atoms with van der Waals surface area (Å²) in [7, 11) is -1.35. The van der Waals surface area contributed by atoms with E-state index >= 15 is 0 Å². The number of benzene rings is 2. The van der Waals surface area contributed by atoms with Crippen LogP contribution in [-0.2, 0) is 6.54 Å². The molecule has 0 unspecified atom stereocenters. The molecule has 1 heterocycles. The molecule has 39 heavy (non-hydrogen) atoms. The third-order valence-electron chi connectivity index (χ3n) is 6.88. The smallest absolute Gasteiger partial charge is 0.407 e. The molecule has 0 fully saturated rings. The standard InChI is InChI=1S/C31H43F2N3O2Si/c1-31(2,3)29(34-15-10-16-35(30(37)38)17-18-39(4,5)6)28-19-24(26-20-25(32)13-14-27(26)33)22-36(28)21-23-11-8-7-9-12-23/h7-9,11-14,19-20,22,29,34H,10,15-18,21H2,1-6H3,(H,37,38)/t29-/m0/s1. The van der Waals surface area contributed by atoms with Crippen LogP contribution in [0.2, 0.25) is 25.7 Å². The number of halogens is 2. The van der Waals surface area contributed by atoms with Gasteiger partial charge in [-0.25, -0.2) is 13.6 Å². The maximum absolute atomic E-state index is 14.7. The maximum Gasteiger partial charge on any atom is 0.407 e. The van der Waals surface area contributed by atoms with Gasteiger partial charge in [-0.3, -0.25) is 0 Å². The molecule has 0 saturated heterocycles. The summed E-state index contributed by atoms with van der Waals surface area (Å²) in [6.07, 6.45) is 1.69. The molecule has 1 atom stereocenters. The zero-order valence-corrected chi connectivity index (χ0v) is 25.1. The Morgan fingerprint density at radius 1 is 1.05 bits per heavy atom. The van der Waals surface area contributed by atoms with Crippen LogP contribution in [-0.4, -0.2) is 48.4 Å². The number of nitrogens with zero attached hydrogens (tertiary/aromatic N) is 2. The van der Waals surface area contributed by atoms with Crippen molar-refractivity contribution in [3.8, 4) is 11.1 Å². The summed E-state index contributed by atoms with van der Waals surface area (Å²) < 4.78 is 30.9. The number of carbonyl (C=O) groups is 1. The van der Waals surface area contributed by atoms with Crippen molar-refractivity contribution < 1.29 is 18.7 Å². The van der Waals surface area contributed by atoms with Gasteiger partial charge in [-0.2, -0.15) is 0 Å². The molecule has 1 amide bonds. The second kappa shape index (κ2) is 12.9. The van der Waals surface area contributed by atoms with E-state index in [9.17, 15) is 18.7 Å². The lowest BCUT2D eigenvalue weighted by Gasteiger charge is -2.33. The lowest BCUT2D eigenvalue weighted by molar-refractivity contribution is 0.146. The van der Waals surface area contributed by atoms with Crippen LogP contribution >= 0.6 is 0 Å². The van der Waals surface area contributed by atoms with Gasteiger partial charge in [-0.15, -0.1) is 0 Å². The monoisotopic (exact) mass is 555 g/mol. The highest BCUT2D eigenvalue weighted by Gasteiger charge is 2.29. The summed E-state index contributed by atoms with van der Waals surface area (Å²) in [5.74, 6) is -0.946. The van der Waals surface area contributed by atoms with Crippen molar-refractivity contribution in [3.63, 3.8) is 0 Å². The highest BCUT2D eigenvalue weighted by atomic mass is 28.3. The van der Waals surface area contributed by atoms with E-state index in [0.29, 0.717) is 38.2 Å². The van der Waals surface area contributed by atoms with E-state index in [2.05, 4.69) is 50.3 Å². The zero-order valence-electron chi connectivity index (χ0n) is 24.1. The van der Waals surface area contributed by atoms with Crippen LogP contribution < -0.4 is 5.32 Å². The first kappa shape index (κ1) is 30.6. The summed E-state index contributed by atoms with van der Waals surface area (Å²) in [4.78, 5) is 13.3. The maximum atomic E-state index is 14.7. The first-order valence-electron chi connectivity index (χ1n) is 13.7. The van der Waals surface area contributed by atoms with Crippen molar-refractivity contribution in [1.29, 1.82) is 0 Å². The van der Waals surface area contributed by atoms with Gasteiger partial charge in [0.25, 0.3) is 0 Å². The van der Waals surface area contributed by atoms with E-state index < -0.39 is 25.8 Å². The molecule has 5 nitrogen and oxygen atoms in total. The van der Waals surface area contributed by atoms with Crippen LogP contribution in [0.3, 0.4) is 0 Å². The molecule has 1 aromatic heterocycles. The van der Waals surface area contributed by atoms with Crippen molar-refractivity contribution in [2.24, 2.45) is 5.41 Å². The van der Waals surface area contributed by atoms with Gasteiger partial charge in [0.05, 0.1) is 6.04 Å². The molecular weight excluding hydrogens is 512 g/mol. The second-order valence-electron chi connectivity index (χ2n) is 12.6. The van der Waals surface area contributed by atoms with Crippen molar-refractivity contribution in [2.45, 2.75) is 65.5 Å². The molecule has 8 heteroatoms. The minimum atomic E-state index is -1.35. The summed E-state index contributed by atoms with van der Waals surface area (Å²) in [5.41, 5.74) is 2.73. The van der Waals surface area contributed by atoms with Crippen molar-refractivity contribution in [2.75, 3.05) is 19.6 Å². The quantitative estimate of drug-likeness (QED) is 0.177. The Labute approximate surface area is 232 Å². The Morgan fingerprint density at radius 2 is 1.74 bits per heavy atom. The Hall–Kier alpha value is -2.97. The molecule has 0 spiro atoms. The molecule has 3 rings (SSSR count). The molecule has 0 radical (unpaired) electrons. The second-order valence-corrected chi connectivity index (χ2v) is 18.2. The van der Waals surface area contributed by atoms with Gasteiger partial charge in [0.15, 0.2) is 0 Å². The van der Waals surface area contributed by atoms with Gasteiger partial charge in [-0.1, -0.05) is 70.7 Å². The number of rotatable bonds is 12. The first-order valence-corrected chi connectivity index (χ1v) is 17.4. The summed E-state index contributed by atoms with van der Waals surface area (Å²) in [5, 5.41) is 13.3. The van der Waals surface area contributed by atoms with Gasteiger partial charge in [0, 0.05) is 50.7 Å². The van der Waals surface area contributed by atoms with Gasteiger partial charge in [0.1, 0.15) is 11.6 Å². The van der Waals surface area contributed by atoms with Crippen molar-refractivity contribution in [1.82, 2.24) is 14.8 Å². The van der Waals surface area contributed by atoms with Crippen LogP contribution in [0.1, 0.15) is 44.5 Å². The fraction of sp³-hybridized carbons (Fsp3) is 0.452. The minimum Gasteiger partial charge on any atom is -0.465 e. The average molecular weight is 556 g/mol. The largest absolute Gasteiger partial charge is 0.465 e. The van der Waals surface area contributed by atoms with Crippen LogP contribution in [0.4, 0.5) is 13.6 Å². The van der Waals surface area contributed by atoms with E-state index in [-0.39, 0.29) is 17.0 Å². The SMILES string of the molecule is CC(C)(C)[C@@H](NCCCN(CC[Si](C)(C)C)C(=O)O)c1cc(-c2cc(F)ccc2F)cn1Cc1ccccc1. The lowest BCUT2D eigenvalue weighted by Crippen LogP contribution is -2.38. The average Bonchev–Trinajstić information content (AvgIpc) is 3.24. The number of hydrogen-bond acceptors (Lipinski definition) is 2. The van der Waals surface area contributed by atoms with E-state index in [1.54, 1.807) is 0 Å². The van der Waals surface area contributed by atoms with Gasteiger partial charge < -0.3 is 19.9 Å². The number of carboxylic acid groups (broad SMARTS) is 1. The summed E-state index contributed by atoms with van der Waals surface area (Å²) in [6, 6.07) is 16.3. The Kier molecular flexibility index (Phi) is 10.1. The highest BCUT2D eigenvalue weighted by Crippen LogP contribution is 2.37. The van der Waals surface area contributed by atoms with Crippen LogP contribution in [0.15, 0.2) is 60.8 Å². The Balaban J connectivity index is 1.86. The Morgan fingerprint density at radius 3 is 2.36 bits per heavy atom. The first-order chi connectivity index (χ1) is 18.2. The molecule has 0 bridgehead atoms. The fourth-order valence-corrected chi connectivity index (χ4v) is 5.64. The topological polar surface area (TPSA) is 57.5 Å². The number of amides is 1. The lowest BCUT2D eigenvalue weighted by atomic mass is 9.84. The van der Waals surface area contributed by atoms with E-state index in [1.807, 2.05) is 42.6 Å². The zero-order chi connectivity index (χ0) is 28.8. The van der Waals surface area contributed by atoms with Crippen molar-refractivity contribution in [3.05, 3.63) is 83.7 Å². The molecule has 0 aliphatic rings. The minimum absolute atomic E-state index is 0.105. The Bertz CT molecular complexity index is 1230. The fourth-order valence-electron chi connectivity index (χ4n) is 4.70. The summed E-state index contributed by atoms with van der Waals surface area (Å²) >= 11 is 0. The predicted octanol–water partition coefficient (Wildman–Crippen LogP) is 7.87. The molecule has 0 aliphatic heterocycles. The molecular formula is C31H43F2N3O2Si. The number of aromatic nitrogens is 1. The van der Waals surface area contributed by atoms with Gasteiger partial charge in [-0.05, 0) is 54.3 Å². The molecule has 2 N–H and O–H groups in total. The van der Waals surface area contributed by atoms with Gasteiger partial charge in [0.2, 0.25) is 0 Å². The summed E-state index contributed by atoms with van der Waals surface area (Å²) in [6.45, 7) is 15.4. The van der Waals surface area contributed by atoms with E-state index in [4.69, 9.17) is 0 Å². The van der Waals surface area contributed by atoms with Crippen LogP contribution in [0.25, 0.3) is 11.1 Å². The molecule has 0 aliphatic carbocycles. The number of hydrogen-bond donors (Lipinski definition) is 2. The molecule has 2 aromatic carbocycles.